The van der Waals surface area contributed by atoms with Gasteiger partial charge in [0.05, 0.1) is 11.9 Å². The summed E-state index contributed by atoms with van der Waals surface area (Å²) in [6.07, 6.45) is 4.11. The number of pyridine rings is 1. The third kappa shape index (κ3) is 3.21. The topological polar surface area (TPSA) is 72.5 Å². The first-order chi connectivity index (χ1) is 11.3. The Labute approximate surface area is 133 Å². The zero-order chi connectivity index (χ0) is 15.6. The Balaban J connectivity index is 1.35. The van der Waals surface area contributed by atoms with E-state index in [9.17, 15) is 4.79 Å². The Morgan fingerprint density at radius 3 is 2.83 bits per heavy atom. The zero-order valence-electron chi connectivity index (χ0n) is 12.5. The molecule has 1 aliphatic heterocycles. The van der Waals surface area contributed by atoms with Crippen molar-refractivity contribution in [2.45, 2.75) is 25.4 Å². The van der Waals surface area contributed by atoms with E-state index < -0.39 is 0 Å². The Morgan fingerprint density at radius 2 is 2.04 bits per heavy atom. The lowest BCUT2D eigenvalue weighted by atomic mass is 10.2. The minimum atomic E-state index is -0.194. The summed E-state index contributed by atoms with van der Waals surface area (Å²) in [4.78, 5) is 16.4. The first-order valence-electron chi connectivity index (χ1n) is 7.67. The quantitative estimate of drug-likeness (QED) is 0.886. The number of hydrogen-bond acceptors (Lipinski definition) is 5. The summed E-state index contributed by atoms with van der Waals surface area (Å²) in [5, 5.41) is 6.20. The molecule has 1 fully saturated rings. The summed E-state index contributed by atoms with van der Waals surface area (Å²) in [5.74, 6) is 1.26. The van der Waals surface area contributed by atoms with Gasteiger partial charge in [-0.05, 0) is 42.7 Å². The van der Waals surface area contributed by atoms with E-state index in [1.54, 1.807) is 12.3 Å². The number of ether oxygens (including phenoxy) is 2. The van der Waals surface area contributed by atoms with Crippen LogP contribution in [0.4, 0.5) is 5.69 Å². The van der Waals surface area contributed by atoms with Crippen LogP contribution in [0.2, 0.25) is 0 Å². The molecule has 1 amide bonds. The highest BCUT2D eigenvalue weighted by Crippen LogP contribution is 2.32. The molecule has 0 atom stereocenters. The lowest BCUT2D eigenvalue weighted by molar-refractivity contribution is 0.0946. The van der Waals surface area contributed by atoms with Crippen molar-refractivity contribution >= 4 is 11.6 Å². The van der Waals surface area contributed by atoms with Crippen molar-refractivity contribution in [3.05, 3.63) is 47.8 Å². The van der Waals surface area contributed by atoms with Gasteiger partial charge >= 0.3 is 0 Å². The lowest BCUT2D eigenvalue weighted by Crippen LogP contribution is -2.23. The van der Waals surface area contributed by atoms with E-state index in [-0.39, 0.29) is 12.7 Å². The second-order valence-corrected chi connectivity index (χ2v) is 5.72. The maximum absolute atomic E-state index is 12.1. The van der Waals surface area contributed by atoms with Gasteiger partial charge in [0.25, 0.3) is 5.91 Å². The van der Waals surface area contributed by atoms with Crippen molar-refractivity contribution in [2.24, 2.45) is 0 Å². The van der Waals surface area contributed by atoms with Crippen LogP contribution < -0.4 is 20.1 Å². The van der Waals surface area contributed by atoms with E-state index >= 15 is 0 Å². The number of carbonyl (C=O) groups is 1. The van der Waals surface area contributed by atoms with Gasteiger partial charge in [-0.25, -0.2) is 4.98 Å². The summed E-state index contributed by atoms with van der Waals surface area (Å²) >= 11 is 0. The normalized spacial score (nSPS) is 15.3. The molecule has 0 saturated heterocycles. The maximum atomic E-state index is 12.1. The summed E-state index contributed by atoms with van der Waals surface area (Å²) in [7, 11) is 0. The highest BCUT2D eigenvalue weighted by molar-refractivity contribution is 5.92. The second-order valence-electron chi connectivity index (χ2n) is 5.72. The van der Waals surface area contributed by atoms with Gasteiger partial charge in [0.1, 0.15) is 5.69 Å². The highest BCUT2D eigenvalue weighted by atomic mass is 16.7. The number of nitrogens with one attached hydrogen (secondary N) is 2. The standard InChI is InChI=1S/C17H17N3O3/c21-17(14-5-4-13(9-18-14)20-12-2-3-12)19-8-11-1-6-15-16(7-11)23-10-22-15/h1,4-7,9,12,20H,2-3,8,10H2,(H,19,21). The van der Waals surface area contributed by atoms with Crippen LogP contribution in [0.5, 0.6) is 11.5 Å². The maximum Gasteiger partial charge on any atom is 0.270 e. The third-order valence-electron chi connectivity index (χ3n) is 3.83. The number of anilines is 1. The van der Waals surface area contributed by atoms with E-state index in [2.05, 4.69) is 15.6 Å². The number of amides is 1. The molecule has 0 radical (unpaired) electrons. The number of carbonyl (C=O) groups excluding carboxylic acids is 1. The molecule has 0 spiro atoms. The monoisotopic (exact) mass is 311 g/mol. The molecule has 0 unspecified atom stereocenters. The molecular formula is C17H17N3O3. The first-order valence-corrected chi connectivity index (χ1v) is 7.67. The molecule has 1 saturated carbocycles. The van der Waals surface area contributed by atoms with E-state index in [0.29, 0.717) is 24.0 Å². The molecule has 118 valence electrons. The molecule has 2 aliphatic rings. The minimum absolute atomic E-state index is 0.194. The Morgan fingerprint density at radius 1 is 1.17 bits per heavy atom. The van der Waals surface area contributed by atoms with Crippen LogP contribution in [0, 0.1) is 0 Å². The summed E-state index contributed by atoms with van der Waals surface area (Å²) in [6, 6.07) is 9.83. The van der Waals surface area contributed by atoms with E-state index in [1.807, 2.05) is 24.3 Å². The molecule has 1 aromatic heterocycles. The van der Waals surface area contributed by atoms with Crippen LogP contribution in [0.3, 0.4) is 0 Å². The molecule has 1 aliphatic carbocycles. The van der Waals surface area contributed by atoms with Gasteiger partial charge in [0.15, 0.2) is 11.5 Å². The SMILES string of the molecule is O=C(NCc1ccc2c(c1)OCO2)c1ccc(NC2CC2)cn1. The lowest BCUT2D eigenvalue weighted by Gasteiger charge is -2.07. The Kier molecular flexibility index (Phi) is 3.49. The average Bonchev–Trinajstić information content (AvgIpc) is 3.27. The van der Waals surface area contributed by atoms with Crippen molar-refractivity contribution in [3.63, 3.8) is 0 Å². The molecule has 4 rings (SSSR count). The van der Waals surface area contributed by atoms with Crippen molar-refractivity contribution < 1.29 is 14.3 Å². The number of nitrogens with zero attached hydrogens (tertiary/aromatic N) is 1. The van der Waals surface area contributed by atoms with E-state index in [0.717, 1.165) is 17.0 Å². The van der Waals surface area contributed by atoms with Crippen LogP contribution in [-0.4, -0.2) is 23.7 Å². The molecule has 2 heterocycles. The number of aromatic nitrogens is 1. The molecule has 6 heteroatoms. The molecule has 2 aromatic rings. The zero-order valence-corrected chi connectivity index (χ0v) is 12.5. The predicted octanol–water partition coefficient (Wildman–Crippen LogP) is 2.31. The molecule has 0 bridgehead atoms. The Bertz CT molecular complexity index is 726. The molecule has 1 aromatic carbocycles. The van der Waals surface area contributed by atoms with Gasteiger partial charge in [0, 0.05) is 12.6 Å². The van der Waals surface area contributed by atoms with Gasteiger partial charge in [-0.3, -0.25) is 4.79 Å². The van der Waals surface area contributed by atoms with Gasteiger partial charge < -0.3 is 20.1 Å². The summed E-state index contributed by atoms with van der Waals surface area (Å²) in [5.41, 5.74) is 2.32. The van der Waals surface area contributed by atoms with Gasteiger partial charge in [-0.15, -0.1) is 0 Å². The second kappa shape index (κ2) is 5.79. The van der Waals surface area contributed by atoms with Crippen molar-refractivity contribution in [1.29, 1.82) is 0 Å². The largest absolute Gasteiger partial charge is 0.454 e. The average molecular weight is 311 g/mol. The van der Waals surface area contributed by atoms with Crippen LogP contribution in [0.25, 0.3) is 0 Å². The fourth-order valence-corrected chi connectivity index (χ4v) is 2.40. The van der Waals surface area contributed by atoms with Crippen molar-refractivity contribution in [1.82, 2.24) is 10.3 Å². The van der Waals surface area contributed by atoms with Gasteiger partial charge in [0.2, 0.25) is 6.79 Å². The number of hydrogen-bond donors (Lipinski definition) is 2. The highest BCUT2D eigenvalue weighted by Gasteiger charge is 2.21. The number of rotatable bonds is 5. The summed E-state index contributed by atoms with van der Waals surface area (Å²) < 4.78 is 10.6. The van der Waals surface area contributed by atoms with Crippen LogP contribution in [0.15, 0.2) is 36.5 Å². The smallest absolute Gasteiger partial charge is 0.270 e. The molecular weight excluding hydrogens is 294 g/mol. The summed E-state index contributed by atoms with van der Waals surface area (Å²) in [6.45, 7) is 0.662. The Hall–Kier alpha value is -2.76. The first kappa shape index (κ1) is 13.9. The number of benzene rings is 1. The van der Waals surface area contributed by atoms with E-state index in [1.165, 1.54) is 12.8 Å². The number of fused-ring (bicyclic) bond motifs is 1. The van der Waals surface area contributed by atoms with Crippen molar-refractivity contribution in [3.8, 4) is 11.5 Å². The van der Waals surface area contributed by atoms with Crippen molar-refractivity contribution in [2.75, 3.05) is 12.1 Å². The fourth-order valence-electron chi connectivity index (χ4n) is 2.40. The van der Waals surface area contributed by atoms with Gasteiger partial charge in [-0.1, -0.05) is 6.07 Å². The fraction of sp³-hybridized carbons (Fsp3) is 0.294. The molecule has 23 heavy (non-hydrogen) atoms. The van der Waals surface area contributed by atoms with Crippen LogP contribution >= 0.6 is 0 Å². The van der Waals surface area contributed by atoms with E-state index in [4.69, 9.17) is 9.47 Å². The predicted molar refractivity (Wildman–Crippen MR) is 84.6 cm³/mol. The third-order valence-corrected chi connectivity index (χ3v) is 3.83. The molecule has 2 N–H and O–H groups in total. The van der Waals surface area contributed by atoms with Crippen LogP contribution in [0.1, 0.15) is 28.9 Å². The van der Waals surface area contributed by atoms with Gasteiger partial charge in [-0.2, -0.15) is 0 Å². The molecule has 6 nitrogen and oxygen atoms in total. The minimum Gasteiger partial charge on any atom is -0.454 e. The van der Waals surface area contributed by atoms with Crippen LogP contribution in [-0.2, 0) is 6.54 Å².